The Morgan fingerprint density at radius 1 is 1.14 bits per heavy atom. The molecule has 1 N–H and O–H groups in total. The van der Waals surface area contributed by atoms with E-state index >= 15 is 0 Å². The Morgan fingerprint density at radius 3 is 2.38 bits per heavy atom. The third-order valence-electron chi connectivity index (χ3n) is 3.54. The van der Waals surface area contributed by atoms with Crippen LogP contribution >= 0.6 is 11.6 Å². The van der Waals surface area contributed by atoms with Crippen molar-refractivity contribution < 1.29 is 0 Å². The molecule has 114 valence electrons. The highest BCUT2D eigenvalue weighted by Gasteiger charge is 2.12. The lowest BCUT2D eigenvalue weighted by Gasteiger charge is -2.19. The summed E-state index contributed by atoms with van der Waals surface area (Å²) in [5, 5.41) is 8.61. The van der Waals surface area contributed by atoms with Gasteiger partial charge in [-0.05, 0) is 48.6 Å². The summed E-state index contributed by atoms with van der Waals surface area (Å²) >= 11 is 5.96. The van der Waals surface area contributed by atoms with Crippen molar-refractivity contribution in [2.75, 3.05) is 6.54 Å². The molecule has 1 aromatic carbocycles. The van der Waals surface area contributed by atoms with Crippen LogP contribution in [0.4, 0.5) is 0 Å². The zero-order chi connectivity index (χ0) is 15.2. The van der Waals surface area contributed by atoms with E-state index in [1.165, 1.54) is 11.1 Å². The normalized spacial score (nSPS) is 12.8. The van der Waals surface area contributed by atoms with E-state index in [9.17, 15) is 0 Å². The molecule has 0 aliphatic carbocycles. The van der Waals surface area contributed by atoms with E-state index in [0.717, 1.165) is 24.4 Å². The second kappa shape index (κ2) is 7.62. The maximum absolute atomic E-state index is 5.96. The summed E-state index contributed by atoms with van der Waals surface area (Å²) in [6.07, 6.45) is 6.15. The van der Waals surface area contributed by atoms with Crippen molar-refractivity contribution in [1.82, 2.24) is 15.1 Å². The average Bonchev–Trinajstić information content (AvgIpc) is 2.84. The minimum absolute atomic E-state index is 0.506. The molecule has 1 atom stereocenters. The molecule has 0 aliphatic rings. The lowest BCUT2D eigenvalue weighted by molar-refractivity contribution is 0.444. The summed E-state index contributed by atoms with van der Waals surface area (Å²) < 4.78 is 1.87. The van der Waals surface area contributed by atoms with Crippen LogP contribution in [0.15, 0.2) is 36.7 Å². The molecular weight excluding hydrogens is 282 g/mol. The van der Waals surface area contributed by atoms with Crippen LogP contribution in [0.5, 0.6) is 0 Å². The molecule has 0 saturated heterocycles. The summed E-state index contributed by atoms with van der Waals surface area (Å²) in [6.45, 7) is 5.38. The van der Waals surface area contributed by atoms with Gasteiger partial charge in [-0.1, -0.05) is 37.6 Å². The molecule has 0 radical (unpaired) electrons. The molecule has 1 aromatic heterocycles. The molecule has 2 rings (SSSR count). The Hall–Kier alpha value is -1.32. The summed E-state index contributed by atoms with van der Waals surface area (Å²) in [7, 11) is 1.96. The number of nitrogens with one attached hydrogen (secondary N) is 1. The lowest BCUT2D eigenvalue weighted by Crippen LogP contribution is -2.31. The van der Waals surface area contributed by atoms with Crippen molar-refractivity contribution in [3.63, 3.8) is 0 Å². The van der Waals surface area contributed by atoms with Gasteiger partial charge in [0.15, 0.2) is 0 Å². The second-order valence-electron chi connectivity index (χ2n) is 5.99. The first-order valence-corrected chi connectivity index (χ1v) is 7.86. The van der Waals surface area contributed by atoms with E-state index in [1.807, 2.05) is 30.1 Å². The first kappa shape index (κ1) is 16.1. The van der Waals surface area contributed by atoms with Crippen LogP contribution in [0.1, 0.15) is 25.0 Å². The molecule has 4 heteroatoms. The number of nitrogens with zero attached hydrogens (tertiary/aromatic N) is 2. The van der Waals surface area contributed by atoms with Gasteiger partial charge in [-0.2, -0.15) is 5.10 Å². The molecule has 21 heavy (non-hydrogen) atoms. The molecule has 0 saturated carbocycles. The number of benzene rings is 1. The van der Waals surface area contributed by atoms with Crippen LogP contribution in [0.3, 0.4) is 0 Å². The SMILES string of the molecule is CC(C)NCC(Cc1ccc(Cl)cc1)Cc1cnn(C)c1. The second-order valence-corrected chi connectivity index (χ2v) is 6.42. The molecule has 0 spiro atoms. The third kappa shape index (κ3) is 5.52. The first-order valence-electron chi connectivity index (χ1n) is 7.48. The van der Waals surface area contributed by atoms with Crippen molar-refractivity contribution >= 4 is 11.6 Å². The number of aryl methyl sites for hydroxylation is 1. The third-order valence-corrected chi connectivity index (χ3v) is 3.79. The Morgan fingerprint density at radius 2 is 1.81 bits per heavy atom. The van der Waals surface area contributed by atoms with E-state index in [-0.39, 0.29) is 0 Å². The van der Waals surface area contributed by atoms with Gasteiger partial charge in [0.05, 0.1) is 6.20 Å². The van der Waals surface area contributed by atoms with Crippen molar-refractivity contribution in [3.8, 4) is 0 Å². The topological polar surface area (TPSA) is 29.9 Å². The molecule has 0 amide bonds. The number of rotatable bonds is 7. The van der Waals surface area contributed by atoms with E-state index in [0.29, 0.717) is 12.0 Å². The quantitative estimate of drug-likeness (QED) is 0.849. The minimum atomic E-state index is 0.506. The van der Waals surface area contributed by atoms with Crippen molar-refractivity contribution in [2.45, 2.75) is 32.7 Å². The number of halogens is 1. The van der Waals surface area contributed by atoms with Crippen LogP contribution < -0.4 is 5.32 Å². The Kier molecular flexibility index (Phi) is 5.83. The lowest BCUT2D eigenvalue weighted by atomic mass is 9.93. The molecule has 3 nitrogen and oxygen atoms in total. The average molecular weight is 306 g/mol. The van der Waals surface area contributed by atoms with Gasteiger partial charge in [-0.15, -0.1) is 0 Å². The molecule has 0 aliphatic heterocycles. The fraction of sp³-hybridized carbons (Fsp3) is 0.471. The summed E-state index contributed by atoms with van der Waals surface area (Å²) in [4.78, 5) is 0. The minimum Gasteiger partial charge on any atom is -0.314 e. The molecule has 0 fully saturated rings. The van der Waals surface area contributed by atoms with Gasteiger partial charge in [0, 0.05) is 24.3 Å². The van der Waals surface area contributed by atoms with Gasteiger partial charge < -0.3 is 5.32 Å². The smallest absolute Gasteiger partial charge is 0.0521 e. The molecular formula is C17H24ClN3. The molecule has 2 aromatic rings. The summed E-state index contributed by atoms with van der Waals surface area (Å²) in [5.74, 6) is 0.553. The van der Waals surface area contributed by atoms with Crippen LogP contribution in [-0.4, -0.2) is 22.4 Å². The van der Waals surface area contributed by atoms with Gasteiger partial charge in [0.2, 0.25) is 0 Å². The van der Waals surface area contributed by atoms with Crippen molar-refractivity contribution in [1.29, 1.82) is 0 Å². The maximum atomic E-state index is 5.96. The van der Waals surface area contributed by atoms with Crippen LogP contribution in [0.2, 0.25) is 5.02 Å². The summed E-state index contributed by atoms with van der Waals surface area (Å²) in [5.41, 5.74) is 2.63. The standard InChI is InChI=1S/C17H24ClN3/c1-13(2)19-10-15(9-16-11-20-21(3)12-16)8-14-4-6-17(18)7-5-14/h4-7,11-13,15,19H,8-10H2,1-3H3. The van der Waals surface area contributed by atoms with Crippen LogP contribution in [0, 0.1) is 5.92 Å². The van der Waals surface area contributed by atoms with Gasteiger partial charge in [-0.25, -0.2) is 0 Å². The van der Waals surface area contributed by atoms with E-state index in [4.69, 9.17) is 11.6 Å². The molecule has 1 heterocycles. The van der Waals surface area contributed by atoms with Gasteiger partial charge >= 0.3 is 0 Å². The van der Waals surface area contributed by atoms with Crippen LogP contribution in [0.25, 0.3) is 0 Å². The number of hydrogen-bond donors (Lipinski definition) is 1. The zero-order valence-corrected chi connectivity index (χ0v) is 13.8. The first-order chi connectivity index (χ1) is 10.0. The van der Waals surface area contributed by atoms with Gasteiger partial charge in [-0.3, -0.25) is 4.68 Å². The molecule has 1 unspecified atom stereocenters. The van der Waals surface area contributed by atoms with E-state index < -0.39 is 0 Å². The monoisotopic (exact) mass is 305 g/mol. The maximum Gasteiger partial charge on any atom is 0.0521 e. The molecule has 0 bridgehead atoms. The number of aromatic nitrogens is 2. The fourth-order valence-corrected chi connectivity index (χ4v) is 2.61. The highest BCUT2D eigenvalue weighted by molar-refractivity contribution is 6.30. The fourth-order valence-electron chi connectivity index (χ4n) is 2.48. The van der Waals surface area contributed by atoms with Crippen LogP contribution in [-0.2, 0) is 19.9 Å². The highest BCUT2D eigenvalue weighted by atomic mass is 35.5. The van der Waals surface area contributed by atoms with E-state index in [1.54, 1.807) is 0 Å². The zero-order valence-electron chi connectivity index (χ0n) is 13.0. The number of hydrogen-bond acceptors (Lipinski definition) is 2. The Labute approximate surface area is 132 Å². The summed E-state index contributed by atoms with van der Waals surface area (Å²) in [6, 6.07) is 8.68. The van der Waals surface area contributed by atoms with Crippen molar-refractivity contribution in [3.05, 3.63) is 52.8 Å². The predicted molar refractivity (Wildman–Crippen MR) is 88.7 cm³/mol. The van der Waals surface area contributed by atoms with Crippen molar-refractivity contribution in [2.24, 2.45) is 13.0 Å². The Bertz CT molecular complexity index is 545. The highest BCUT2D eigenvalue weighted by Crippen LogP contribution is 2.16. The Balaban J connectivity index is 2.02. The predicted octanol–water partition coefficient (Wildman–Crippen LogP) is 3.47. The van der Waals surface area contributed by atoms with Gasteiger partial charge in [0.1, 0.15) is 0 Å². The van der Waals surface area contributed by atoms with Gasteiger partial charge in [0.25, 0.3) is 0 Å². The largest absolute Gasteiger partial charge is 0.314 e. The van der Waals surface area contributed by atoms with E-state index in [2.05, 4.69) is 42.6 Å².